The molecule has 3 heterocycles. The average Bonchev–Trinajstić information content (AvgIpc) is 2.53. The number of rotatable bonds is 2. The van der Waals surface area contributed by atoms with Crippen LogP contribution in [-0.2, 0) is 0 Å². The second-order valence-corrected chi connectivity index (χ2v) is 7.40. The molecule has 0 spiro atoms. The van der Waals surface area contributed by atoms with E-state index in [0.717, 1.165) is 37.8 Å². The molecule has 2 atom stereocenters. The summed E-state index contributed by atoms with van der Waals surface area (Å²) in [7, 11) is 0. The van der Waals surface area contributed by atoms with Crippen molar-refractivity contribution < 1.29 is 4.79 Å². The molecule has 1 aromatic rings. The molecule has 0 aromatic carbocycles. The van der Waals surface area contributed by atoms with Gasteiger partial charge < -0.3 is 9.80 Å². The Morgan fingerprint density at radius 3 is 2.39 bits per heavy atom. The highest BCUT2D eigenvalue weighted by Crippen LogP contribution is 2.23. The minimum Gasteiger partial charge on any atom is -0.341 e. The first-order valence-electron chi connectivity index (χ1n) is 8.93. The number of likely N-dealkylation sites (tertiary alicyclic amines) is 1. The lowest BCUT2D eigenvalue weighted by Crippen LogP contribution is -2.43. The summed E-state index contributed by atoms with van der Waals surface area (Å²) in [6, 6.07) is 1.83. The van der Waals surface area contributed by atoms with E-state index in [1.54, 1.807) is 0 Å². The molecule has 5 heteroatoms. The van der Waals surface area contributed by atoms with E-state index in [9.17, 15) is 4.79 Å². The molecule has 23 heavy (non-hydrogen) atoms. The zero-order chi connectivity index (χ0) is 16.4. The van der Waals surface area contributed by atoms with Gasteiger partial charge in [0.1, 0.15) is 5.69 Å². The van der Waals surface area contributed by atoms with Crippen molar-refractivity contribution in [2.45, 2.75) is 46.5 Å². The number of piperidine rings is 2. The monoisotopic (exact) mass is 316 g/mol. The van der Waals surface area contributed by atoms with Gasteiger partial charge >= 0.3 is 0 Å². The summed E-state index contributed by atoms with van der Waals surface area (Å²) < 4.78 is 0. The molecule has 1 amide bonds. The fourth-order valence-electron chi connectivity index (χ4n) is 3.89. The summed E-state index contributed by atoms with van der Waals surface area (Å²) in [6.07, 6.45) is 4.84. The van der Waals surface area contributed by atoms with E-state index in [0.29, 0.717) is 17.5 Å². The zero-order valence-electron chi connectivity index (χ0n) is 14.6. The molecule has 2 aliphatic rings. The molecule has 0 radical (unpaired) electrons. The van der Waals surface area contributed by atoms with Crippen molar-refractivity contribution >= 4 is 11.9 Å². The van der Waals surface area contributed by atoms with Crippen LogP contribution in [0.5, 0.6) is 0 Å². The third-order valence-corrected chi connectivity index (χ3v) is 4.86. The minimum atomic E-state index is 0.0622. The SMILES string of the molecule is Cc1cc(C(=O)N2C[C@@H](C)C[C@H](C)C2)nc(N2CCCCC2)n1. The number of aromatic nitrogens is 2. The first-order chi connectivity index (χ1) is 11.0. The van der Waals surface area contributed by atoms with Gasteiger partial charge in [-0.25, -0.2) is 9.97 Å². The molecule has 2 saturated heterocycles. The van der Waals surface area contributed by atoms with Gasteiger partial charge in [-0.3, -0.25) is 4.79 Å². The van der Waals surface area contributed by atoms with Crippen molar-refractivity contribution in [3.8, 4) is 0 Å². The maximum Gasteiger partial charge on any atom is 0.272 e. The Kier molecular flexibility index (Phi) is 4.83. The summed E-state index contributed by atoms with van der Waals surface area (Å²) in [5.74, 6) is 1.91. The predicted octanol–water partition coefficient (Wildman–Crippen LogP) is 2.89. The molecular formula is C18H28N4O. The summed E-state index contributed by atoms with van der Waals surface area (Å²) in [5, 5.41) is 0. The predicted molar refractivity (Wildman–Crippen MR) is 91.7 cm³/mol. The maximum absolute atomic E-state index is 12.9. The van der Waals surface area contributed by atoms with Crippen LogP contribution in [0.4, 0.5) is 5.95 Å². The molecule has 5 nitrogen and oxygen atoms in total. The number of carbonyl (C=O) groups is 1. The molecule has 126 valence electrons. The van der Waals surface area contributed by atoms with Gasteiger partial charge in [0.2, 0.25) is 5.95 Å². The third kappa shape index (κ3) is 3.82. The minimum absolute atomic E-state index is 0.0622. The largest absolute Gasteiger partial charge is 0.341 e. The van der Waals surface area contributed by atoms with Crippen molar-refractivity contribution in [2.75, 3.05) is 31.1 Å². The normalized spacial score (nSPS) is 25.5. The second-order valence-electron chi connectivity index (χ2n) is 7.40. The number of anilines is 1. The second kappa shape index (κ2) is 6.85. The van der Waals surface area contributed by atoms with Gasteiger partial charge in [0, 0.05) is 31.9 Å². The molecule has 0 unspecified atom stereocenters. The van der Waals surface area contributed by atoms with Crippen LogP contribution in [0, 0.1) is 18.8 Å². The van der Waals surface area contributed by atoms with Gasteiger partial charge in [0.05, 0.1) is 0 Å². The quantitative estimate of drug-likeness (QED) is 0.842. The summed E-state index contributed by atoms with van der Waals surface area (Å²) in [4.78, 5) is 26.3. The third-order valence-electron chi connectivity index (χ3n) is 4.86. The highest BCUT2D eigenvalue weighted by atomic mass is 16.2. The van der Waals surface area contributed by atoms with Crippen molar-refractivity contribution in [3.05, 3.63) is 17.5 Å². The lowest BCUT2D eigenvalue weighted by molar-refractivity contribution is 0.0617. The standard InChI is InChI=1S/C18H28N4O/c1-13-9-14(2)12-22(11-13)17(23)16-10-15(3)19-18(20-16)21-7-5-4-6-8-21/h10,13-14H,4-9,11-12H2,1-3H3/t13-,14-/m0/s1. The fraction of sp³-hybridized carbons (Fsp3) is 0.722. The van der Waals surface area contributed by atoms with Crippen molar-refractivity contribution in [1.29, 1.82) is 0 Å². The van der Waals surface area contributed by atoms with E-state index in [4.69, 9.17) is 0 Å². The molecule has 2 aliphatic heterocycles. The number of aryl methyl sites for hydroxylation is 1. The Morgan fingerprint density at radius 1 is 1.09 bits per heavy atom. The van der Waals surface area contributed by atoms with Crippen LogP contribution in [0.1, 0.15) is 55.7 Å². The number of hydrogen-bond donors (Lipinski definition) is 0. The Hall–Kier alpha value is -1.65. The molecule has 0 bridgehead atoms. The van der Waals surface area contributed by atoms with Crippen LogP contribution >= 0.6 is 0 Å². The van der Waals surface area contributed by atoms with E-state index in [1.165, 1.54) is 25.7 Å². The first kappa shape index (κ1) is 16.2. The van der Waals surface area contributed by atoms with Crippen molar-refractivity contribution in [2.24, 2.45) is 11.8 Å². The van der Waals surface area contributed by atoms with Crippen LogP contribution in [0.2, 0.25) is 0 Å². The highest BCUT2D eigenvalue weighted by Gasteiger charge is 2.27. The fourth-order valence-corrected chi connectivity index (χ4v) is 3.89. The molecule has 3 rings (SSSR count). The first-order valence-corrected chi connectivity index (χ1v) is 8.93. The average molecular weight is 316 g/mol. The Bertz CT molecular complexity index is 558. The summed E-state index contributed by atoms with van der Waals surface area (Å²) in [6.45, 7) is 10.1. The molecule has 0 N–H and O–H groups in total. The van der Waals surface area contributed by atoms with Crippen molar-refractivity contribution in [1.82, 2.24) is 14.9 Å². The Balaban J connectivity index is 1.81. The van der Waals surface area contributed by atoms with Gasteiger partial charge in [-0.2, -0.15) is 0 Å². The maximum atomic E-state index is 12.9. The Morgan fingerprint density at radius 2 is 1.74 bits per heavy atom. The topological polar surface area (TPSA) is 49.3 Å². The molecule has 1 aromatic heterocycles. The number of nitrogens with zero attached hydrogens (tertiary/aromatic N) is 4. The van der Waals surface area contributed by atoms with Crippen molar-refractivity contribution in [3.63, 3.8) is 0 Å². The van der Waals surface area contributed by atoms with Gasteiger partial charge in [-0.05, 0) is 50.5 Å². The summed E-state index contributed by atoms with van der Waals surface area (Å²) >= 11 is 0. The Labute approximate surface area is 139 Å². The highest BCUT2D eigenvalue weighted by molar-refractivity contribution is 5.92. The van der Waals surface area contributed by atoms with E-state index >= 15 is 0 Å². The molecule has 2 fully saturated rings. The zero-order valence-corrected chi connectivity index (χ0v) is 14.6. The van der Waals surface area contributed by atoms with E-state index in [-0.39, 0.29) is 5.91 Å². The van der Waals surface area contributed by atoms with Crippen LogP contribution in [0.3, 0.4) is 0 Å². The van der Waals surface area contributed by atoms with Crippen LogP contribution < -0.4 is 4.90 Å². The van der Waals surface area contributed by atoms with Gasteiger partial charge in [0.15, 0.2) is 0 Å². The van der Waals surface area contributed by atoms with Crippen LogP contribution in [0.15, 0.2) is 6.07 Å². The van der Waals surface area contributed by atoms with Gasteiger partial charge in [0.25, 0.3) is 5.91 Å². The van der Waals surface area contributed by atoms with E-state index in [1.807, 2.05) is 17.9 Å². The summed E-state index contributed by atoms with van der Waals surface area (Å²) in [5.41, 5.74) is 1.43. The number of carbonyl (C=O) groups excluding carboxylic acids is 1. The van der Waals surface area contributed by atoms with Crippen LogP contribution in [0.25, 0.3) is 0 Å². The molecular weight excluding hydrogens is 288 g/mol. The van der Waals surface area contributed by atoms with Gasteiger partial charge in [-0.1, -0.05) is 13.8 Å². The molecule has 0 aliphatic carbocycles. The number of amides is 1. The van der Waals surface area contributed by atoms with Gasteiger partial charge in [-0.15, -0.1) is 0 Å². The molecule has 0 saturated carbocycles. The lowest BCUT2D eigenvalue weighted by Gasteiger charge is -2.35. The van der Waals surface area contributed by atoms with E-state index < -0.39 is 0 Å². The van der Waals surface area contributed by atoms with E-state index in [2.05, 4.69) is 28.7 Å². The lowest BCUT2D eigenvalue weighted by atomic mass is 9.92. The van der Waals surface area contributed by atoms with Crippen LogP contribution in [-0.4, -0.2) is 47.0 Å². The smallest absolute Gasteiger partial charge is 0.272 e. The number of hydrogen-bond acceptors (Lipinski definition) is 4.